The lowest BCUT2D eigenvalue weighted by atomic mass is 10.3. The van der Waals surface area contributed by atoms with Gasteiger partial charge in [-0.1, -0.05) is 6.92 Å². The van der Waals surface area contributed by atoms with Gasteiger partial charge in [0, 0.05) is 6.07 Å². The van der Waals surface area contributed by atoms with Crippen LogP contribution in [0.4, 0.5) is 8.78 Å². The fraction of sp³-hybridized carbons (Fsp3) is 0.400. The minimum Gasteiger partial charge on any atom is -0.486 e. The van der Waals surface area contributed by atoms with E-state index in [1.54, 1.807) is 0 Å². The van der Waals surface area contributed by atoms with Gasteiger partial charge in [-0.2, -0.15) is 0 Å². The third-order valence-electron chi connectivity index (χ3n) is 1.86. The third-order valence-corrected chi connectivity index (χ3v) is 2.45. The summed E-state index contributed by atoms with van der Waals surface area (Å²) in [6, 6.07) is 1.99. The summed E-state index contributed by atoms with van der Waals surface area (Å²) < 4.78 is 31.5. The normalized spacial score (nSPS) is 12.6. The Morgan fingerprint density at radius 3 is 2.57 bits per heavy atom. The number of halogens is 3. The number of hydrogen-bond donors (Lipinski definition) is 0. The highest BCUT2D eigenvalue weighted by Crippen LogP contribution is 2.30. The largest absolute Gasteiger partial charge is 0.486 e. The van der Waals surface area contributed by atoms with Crippen molar-refractivity contribution in [3.8, 4) is 5.75 Å². The number of benzene rings is 1. The average Bonchev–Trinajstić information content (AvgIpc) is 2.10. The lowest BCUT2D eigenvalue weighted by molar-refractivity contribution is 0.206. The van der Waals surface area contributed by atoms with Gasteiger partial charge in [-0.05, 0) is 35.3 Å². The van der Waals surface area contributed by atoms with Crippen molar-refractivity contribution in [2.45, 2.75) is 26.4 Å². The second-order valence-electron chi connectivity index (χ2n) is 3.04. The maximum atomic E-state index is 13.2. The second kappa shape index (κ2) is 4.73. The van der Waals surface area contributed by atoms with E-state index in [-0.39, 0.29) is 11.9 Å². The minimum atomic E-state index is -0.683. The van der Waals surface area contributed by atoms with Crippen molar-refractivity contribution in [1.29, 1.82) is 0 Å². The van der Waals surface area contributed by atoms with Crippen LogP contribution in [0.5, 0.6) is 5.75 Å². The summed E-state index contributed by atoms with van der Waals surface area (Å²) >= 11 is 3.05. The van der Waals surface area contributed by atoms with Gasteiger partial charge in [0.2, 0.25) is 0 Å². The first-order chi connectivity index (χ1) is 6.54. The van der Waals surface area contributed by atoms with E-state index in [4.69, 9.17) is 4.74 Å². The van der Waals surface area contributed by atoms with Crippen LogP contribution in [0.3, 0.4) is 0 Å². The standard InChI is InChI=1S/C10H11BrF2O/c1-3-6(2)14-10-8(11)4-7(12)5-9(10)13/h4-6H,3H2,1-2H3. The van der Waals surface area contributed by atoms with E-state index in [9.17, 15) is 8.78 Å². The zero-order valence-electron chi connectivity index (χ0n) is 7.98. The van der Waals surface area contributed by atoms with Crippen LogP contribution in [0.2, 0.25) is 0 Å². The fourth-order valence-electron chi connectivity index (χ4n) is 0.926. The molecule has 1 aromatic carbocycles. The molecule has 0 aliphatic heterocycles. The van der Waals surface area contributed by atoms with Gasteiger partial charge >= 0.3 is 0 Å². The van der Waals surface area contributed by atoms with Gasteiger partial charge in [0.05, 0.1) is 10.6 Å². The van der Waals surface area contributed by atoms with Crippen LogP contribution >= 0.6 is 15.9 Å². The molecule has 0 amide bonds. The molecule has 0 aliphatic carbocycles. The van der Waals surface area contributed by atoms with Crippen LogP contribution in [-0.2, 0) is 0 Å². The molecule has 0 saturated carbocycles. The molecule has 0 fully saturated rings. The topological polar surface area (TPSA) is 9.23 Å². The fourth-order valence-corrected chi connectivity index (χ4v) is 1.43. The summed E-state index contributed by atoms with van der Waals surface area (Å²) in [6.07, 6.45) is 0.676. The number of hydrogen-bond acceptors (Lipinski definition) is 1. The molecule has 0 radical (unpaired) electrons. The molecule has 0 spiro atoms. The van der Waals surface area contributed by atoms with E-state index in [2.05, 4.69) is 15.9 Å². The van der Waals surface area contributed by atoms with Crippen molar-refractivity contribution in [1.82, 2.24) is 0 Å². The molecule has 1 nitrogen and oxygen atoms in total. The smallest absolute Gasteiger partial charge is 0.169 e. The highest BCUT2D eigenvalue weighted by atomic mass is 79.9. The first-order valence-corrected chi connectivity index (χ1v) is 5.15. The number of ether oxygens (including phenoxy) is 1. The van der Waals surface area contributed by atoms with E-state index in [0.29, 0.717) is 4.47 Å². The summed E-state index contributed by atoms with van der Waals surface area (Å²) in [5.41, 5.74) is 0. The van der Waals surface area contributed by atoms with Gasteiger partial charge in [-0.3, -0.25) is 0 Å². The van der Waals surface area contributed by atoms with Crippen molar-refractivity contribution in [2.24, 2.45) is 0 Å². The molecule has 1 atom stereocenters. The SMILES string of the molecule is CCC(C)Oc1c(F)cc(F)cc1Br. The molecule has 4 heteroatoms. The third kappa shape index (κ3) is 2.67. The van der Waals surface area contributed by atoms with E-state index in [1.165, 1.54) is 6.07 Å². The van der Waals surface area contributed by atoms with Crippen molar-refractivity contribution < 1.29 is 13.5 Å². The predicted octanol–water partition coefficient (Wildman–Crippen LogP) is 3.90. The Morgan fingerprint density at radius 1 is 1.43 bits per heavy atom. The maximum absolute atomic E-state index is 13.2. The zero-order valence-corrected chi connectivity index (χ0v) is 9.57. The van der Waals surface area contributed by atoms with Gasteiger partial charge in [-0.25, -0.2) is 8.78 Å². The lowest BCUT2D eigenvalue weighted by Gasteiger charge is -2.14. The predicted molar refractivity (Wildman–Crippen MR) is 54.4 cm³/mol. The first kappa shape index (κ1) is 11.4. The van der Waals surface area contributed by atoms with E-state index in [0.717, 1.165) is 12.5 Å². The molecule has 1 rings (SSSR count). The molecular formula is C10H11BrF2O. The maximum Gasteiger partial charge on any atom is 0.169 e. The second-order valence-corrected chi connectivity index (χ2v) is 3.89. The quantitative estimate of drug-likeness (QED) is 0.805. The van der Waals surface area contributed by atoms with E-state index in [1.807, 2.05) is 13.8 Å². The van der Waals surface area contributed by atoms with Crippen LogP contribution in [0.1, 0.15) is 20.3 Å². The molecule has 1 unspecified atom stereocenters. The van der Waals surface area contributed by atoms with Gasteiger partial charge in [0.25, 0.3) is 0 Å². The van der Waals surface area contributed by atoms with Crippen molar-refractivity contribution in [3.63, 3.8) is 0 Å². The van der Waals surface area contributed by atoms with Crippen LogP contribution < -0.4 is 4.74 Å². The average molecular weight is 265 g/mol. The Bertz CT molecular complexity index is 305. The van der Waals surface area contributed by atoms with Gasteiger partial charge in [-0.15, -0.1) is 0 Å². The molecule has 78 valence electrons. The van der Waals surface area contributed by atoms with Crippen LogP contribution in [0.15, 0.2) is 16.6 Å². The summed E-state index contributed by atoms with van der Waals surface area (Å²) in [6.45, 7) is 3.76. The Labute approximate surface area is 90.2 Å². The molecule has 0 N–H and O–H groups in total. The molecule has 1 aromatic rings. The lowest BCUT2D eigenvalue weighted by Crippen LogP contribution is -2.11. The number of rotatable bonds is 3. The van der Waals surface area contributed by atoms with Crippen molar-refractivity contribution in [3.05, 3.63) is 28.2 Å². The summed E-state index contributed by atoms with van der Waals surface area (Å²) in [5.74, 6) is -1.23. The Balaban J connectivity index is 2.96. The van der Waals surface area contributed by atoms with Gasteiger partial charge < -0.3 is 4.74 Å². The molecule has 0 aliphatic rings. The van der Waals surface area contributed by atoms with Crippen LogP contribution in [0.25, 0.3) is 0 Å². The van der Waals surface area contributed by atoms with Gasteiger partial charge in [0.15, 0.2) is 11.6 Å². The van der Waals surface area contributed by atoms with Crippen molar-refractivity contribution >= 4 is 15.9 Å². The molecule has 14 heavy (non-hydrogen) atoms. The van der Waals surface area contributed by atoms with Crippen LogP contribution in [-0.4, -0.2) is 6.10 Å². The minimum absolute atomic E-state index is 0.0701. The van der Waals surface area contributed by atoms with E-state index >= 15 is 0 Å². The summed E-state index contributed by atoms with van der Waals surface area (Å²) in [4.78, 5) is 0. The van der Waals surface area contributed by atoms with Gasteiger partial charge in [0.1, 0.15) is 5.82 Å². The molecule has 0 heterocycles. The molecule has 0 bridgehead atoms. The van der Waals surface area contributed by atoms with E-state index < -0.39 is 11.6 Å². The van der Waals surface area contributed by atoms with Crippen LogP contribution in [0, 0.1) is 11.6 Å². The Hall–Kier alpha value is -0.640. The Kier molecular flexibility index (Phi) is 3.86. The molecular weight excluding hydrogens is 254 g/mol. The first-order valence-electron chi connectivity index (χ1n) is 4.35. The Morgan fingerprint density at radius 2 is 2.07 bits per heavy atom. The highest BCUT2D eigenvalue weighted by molar-refractivity contribution is 9.10. The highest BCUT2D eigenvalue weighted by Gasteiger charge is 2.12. The zero-order chi connectivity index (χ0) is 10.7. The molecule has 0 aromatic heterocycles. The summed E-state index contributed by atoms with van der Waals surface area (Å²) in [5, 5.41) is 0. The summed E-state index contributed by atoms with van der Waals surface area (Å²) in [7, 11) is 0. The monoisotopic (exact) mass is 264 g/mol. The van der Waals surface area contributed by atoms with Crippen molar-refractivity contribution in [2.75, 3.05) is 0 Å². The molecule has 0 saturated heterocycles.